The first kappa shape index (κ1) is 47.4. The third-order valence-electron chi connectivity index (χ3n) is 9.54. The molecule has 0 aromatic carbocycles. The lowest BCUT2D eigenvalue weighted by atomic mass is 10.0. The summed E-state index contributed by atoms with van der Waals surface area (Å²) in [6, 6.07) is 0. The molecule has 0 saturated heterocycles. The quantitative estimate of drug-likeness (QED) is 0.0364. The van der Waals surface area contributed by atoms with Gasteiger partial charge >= 0.3 is 17.9 Å². The van der Waals surface area contributed by atoms with Crippen molar-refractivity contribution in [1.82, 2.24) is 0 Å². The summed E-state index contributed by atoms with van der Waals surface area (Å²) in [5.41, 5.74) is 0. The standard InChI is InChI=1S/C43H82O6/c1-5-7-9-11-12-13-14-17-21-24-28-32-36-43(46)49-40(37-47-41(44)34-30-25-10-8-6-2)38-48-42(45)35-31-27-23-20-18-15-16-19-22-26-29-33-39(3)4/h39-40H,5-38H2,1-4H3/t40-/m1/s1. The fourth-order valence-corrected chi connectivity index (χ4v) is 6.27. The van der Waals surface area contributed by atoms with Gasteiger partial charge in [-0.05, 0) is 25.2 Å². The summed E-state index contributed by atoms with van der Waals surface area (Å²) in [4.78, 5) is 37.3. The van der Waals surface area contributed by atoms with Crippen molar-refractivity contribution in [3.63, 3.8) is 0 Å². The van der Waals surface area contributed by atoms with Crippen LogP contribution in [0.5, 0.6) is 0 Å². The predicted molar refractivity (Wildman–Crippen MR) is 206 cm³/mol. The molecular formula is C43H82O6. The third-order valence-corrected chi connectivity index (χ3v) is 9.54. The van der Waals surface area contributed by atoms with Crippen molar-refractivity contribution < 1.29 is 28.6 Å². The Labute approximate surface area is 304 Å². The van der Waals surface area contributed by atoms with Crippen LogP contribution in [0.1, 0.15) is 233 Å². The zero-order valence-corrected chi connectivity index (χ0v) is 33.1. The highest BCUT2D eigenvalue weighted by molar-refractivity contribution is 5.71. The first-order valence-corrected chi connectivity index (χ1v) is 21.4. The van der Waals surface area contributed by atoms with Gasteiger partial charge in [-0.25, -0.2) is 0 Å². The van der Waals surface area contributed by atoms with Crippen LogP contribution in [-0.2, 0) is 28.6 Å². The average molecular weight is 695 g/mol. The molecule has 0 aromatic rings. The van der Waals surface area contributed by atoms with E-state index in [-0.39, 0.29) is 31.1 Å². The number of ether oxygens (including phenoxy) is 3. The summed E-state index contributed by atoms with van der Waals surface area (Å²) >= 11 is 0. The van der Waals surface area contributed by atoms with E-state index < -0.39 is 6.10 Å². The van der Waals surface area contributed by atoms with Crippen molar-refractivity contribution in [1.29, 1.82) is 0 Å². The van der Waals surface area contributed by atoms with Gasteiger partial charge in [-0.2, -0.15) is 0 Å². The topological polar surface area (TPSA) is 78.9 Å². The average Bonchev–Trinajstić information content (AvgIpc) is 3.08. The highest BCUT2D eigenvalue weighted by atomic mass is 16.6. The van der Waals surface area contributed by atoms with Crippen LogP contribution in [0.25, 0.3) is 0 Å². The molecule has 0 heterocycles. The van der Waals surface area contributed by atoms with Crippen LogP contribution >= 0.6 is 0 Å². The SMILES string of the molecule is CCCCCCCCCCCCCCC(=O)O[C@H](COC(=O)CCCCCCC)COC(=O)CCCCCCCCCCCCCC(C)C. The molecule has 0 unspecified atom stereocenters. The van der Waals surface area contributed by atoms with Crippen LogP contribution in [0.15, 0.2) is 0 Å². The Hall–Kier alpha value is -1.59. The monoisotopic (exact) mass is 695 g/mol. The van der Waals surface area contributed by atoms with Crippen LogP contribution in [0.3, 0.4) is 0 Å². The van der Waals surface area contributed by atoms with Crippen molar-refractivity contribution in [2.45, 2.75) is 239 Å². The summed E-state index contributed by atoms with van der Waals surface area (Å²) in [7, 11) is 0. The van der Waals surface area contributed by atoms with Crippen LogP contribution in [-0.4, -0.2) is 37.2 Å². The van der Waals surface area contributed by atoms with Gasteiger partial charge in [0.15, 0.2) is 6.10 Å². The molecule has 0 radical (unpaired) electrons. The van der Waals surface area contributed by atoms with E-state index in [1.165, 1.54) is 122 Å². The van der Waals surface area contributed by atoms with Gasteiger partial charge in [0.25, 0.3) is 0 Å². The lowest BCUT2D eigenvalue weighted by Crippen LogP contribution is -2.30. The van der Waals surface area contributed by atoms with Gasteiger partial charge in [-0.1, -0.05) is 195 Å². The molecule has 0 N–H and O–H groups in total. The summed E-state index contributed by atoms with van der Waals surface area (Å²) in [5, 5.41) is 0. The minimum absolute atomic E-state index is 0.0652. The van der Waals surface area contributed by atoms with Crippen LogP contribution in [0.2, 0.25) is 0 Å². The molecule has 0 bridgehead atoms. The lowest BCUT2D eigenvalue weighted by molar-refractivity contribution is -0.167. The molecule has 0 aromatic heterocycles. The maximum atomic E-state index is 12.6. The van der Waals surface area contributed by atoms with Crippen LogP contribution < -0.4 is 0 Å². The van der Waals surface area contributed by atoms with Gasteiger partial charge in [-0.3, -0.25) is 14.4 Å². The molecule has 0 aliphatic carbocycles. The first-order valence-electron chi connectivity index (χ1n) is 21.4. The molecule has 0 amide bonds. The molecule has 0 fully saturated rings. The van der Waals surface area contributed by atoms with Crippen LogP contribution in [0.4, 0.5) is 0 Å². The van der Waals surface area contributed by atoms with Gasteiger partial charge < -0.3 is 14.2 Å². The molecular weight excluding hydrogens is 612 g/mol. The maximum Gasteiger partial charge on any atom is 0.306 e. The van der Waals surface area contributed by atoms with E-state index >= 15 is 0 Å². The molecule has 0 rings (SSSR count). The molecule has 0 aliphatic rings. The second-order valence-corrected chi connectivity index (χ2v) is 15.1. The largest absolute Gasteiger partial charge is 0.462 e. The number of carbonyl (C=O) groups excluding carboxylic acids is 3. The Balaban J connectivity index is 4.21. The van der Waals surface area contributed by atoms with Crippen LogP contribution in [0, 0.1) is 5.92 Å². The normalized spacial score (nSPS) is 11.9. The minimum atomic E-state index is -0.756. The van der Waals surface area contributed by atoms with Crippen molar-refractivity contribution in [2.24, 2.45) is 5.92 Å². The molecule has 0 spiro atoms. The van der Waals surface area contributed by atoms with Crippen molar-refractivity contribution in [2.75, 3.05) is 13.2 Å². The second kappa shape index (κ2) is 37.7. The van der Waals surface area contributed by atoms with Gasteiger partial charge in [0.05, 0.1) is 0 Å². The van der Waals surface area contributed by atoms with Crippen molar-refractivity contribution in [3.8, 4) is 0 Å². The maximum absolute atomic E-state index is 12.6. The number of hydrogen-bond donors (Lipinski definition) is 0. The van der Waals surface area contributed by atoms with E-state index in [1.54, 1.807) is 0 Å². The molecule has 290 valence electrons. The highest BCUT2D eigenvalue weighted by Gasteiger charge is 2.19. The Kier molecular flexibility index (Phi) is 36.4. The van der Waals surface area contributed by atoms with Gasteiger partial charge in [0.1, 0.15) is 13.2 Å². The fourth-order valence-electron chi connectivity index (χ4n) is 6.27. The predicted octanol–water partition coefficient (Wildman–Crippen LogP) is 13.2. The second-order valence-electron chi connectivity index (χ2n) is 15.1. The first-order chi connectivity index (χ1) is 23.9. The van der Waals surface area contributed by atoms with E-state index in [1.807, 2.05) is 0 Å². The number of carbonyl (C=O) groups is 3. The summed E-state index contributed by atoms with van der Waals surface area (Å²) in [6.07, 6.45) is 35.4. The van der Waals surface area contributed by atoms with E-state index in [0.29, 0.717) is 19.3 Å². The molecule has 49 heavy (non-hydrogen) atoms. The van der Waals surface area contributed by atoms with E-state index in [9.17, 15) is 14.4 Å². The summed E-state index contributed by atoms with van der Waals surface area (Å²) in [6.45, 7) is 8.90. The Morgan fingerprint density at radius 2 is 0.673 bits per heavy atom. The third kappa shape index (κ3) is 37.5. The lowest BCUT2D eigenvalue weighted by Gasteiger charge is -2.18. The molecule has 6 nitrogen and oxygen atoms in total. The van der Waals surface area contributed by atoms with Gasteiger partial charge in [0, 0.05) is 19.3 Å². The molecule has 0 aliphatic heterocycles. The minimum Gasteiger partial charge on any atom is -0.462 e. The number of esters is 3. The zero-order chi connectivity index (χ0) is 36.0. The van der Waals surface area contributed by atoms with Crippen molar-refractivity contribution >= 4 is 17.9 Å². The summed E-state index contributed by atoms with van der Waals surface area (Å²) in [5.74, 6) is -0.0451. The fraction of sp³-hybridized carbons (Fsp3) is 0.930. The van der Waals surface area contributed by atoms with E-state index in [2.05, 4.69) is 27.7 Å². The van der Waals surface area contributed by atoms with Crippen molar-refractivity contribution in [3.05, 3.63) is 0 Å². The molecule has 1 atom stereocenters. The molecule has 0 saturated carbocycles. The number of rotatable bonds is 38. The number of unbranched alkanes of at least 4 members (excludes halogenated alkanes) is 25. The summed E-state index contributed by atoms with van der Waals surface area (Å²) < 4.78 is 16.6. The smallest absolute Gasteiger partial charge is 0.306 e. The van der Waals surface area contributed by atoms with E-state index in [4.69, 9.17) is 14.2 Å². The Bertz CT molecular complexity index is 736. The Morgan fingerprint density at radius 1 is 0.388 bits per heavy atom. The van der Waals surface area contributed by atoms with E-state index in [0.717, 1.165) is 70.1 Å². The number of hydrogen-bond acceptors (Lipinski definition) is 6. The highest BCUT2D eigenvalue weighted by Crippen LogP contribution is 2.16. The zero-order valence-electron chi connectivity index (χ0n) is 33.1. The van der Waals surface area contributed by atoms with Gasteiger partial charge in [0.2, 0.25) is 0 Å². The Morgan fingerprint density at radius 3 is 1.00 bits per heavy atom. The van der Waals surface area contributed by atoms with Gasteiger partial charge in [-0.15, -0.1) is 0 Å². The molecule has 6 heteroatoms.